The Kier molecular flexibility index (Phi) is 4.58. The lowest BCUT2D eigenvalue weighted by Gasteiger charge is -2.13. The van der Waals surface area contributed by atoms with Crippen LogP contribution < -0.4 is 0 Å². The van der Waals surface area contributed by atoms with Crippen molar-refractivity contribution in [2.75, 3.05) is 0 Å². The maximum atomic E-state index is 12.0. The zero-order valence-corrected chi connectivity index (χ0v) is 11.5. The van der Waals surface area contributed by atoms with Gasteiger partial charge in [-0.05, 0) is 30.7 Å². The minimum atomic E-state index is -0.153. The van der Waals surface area contributed by atoms with E-state index in [0.717, 1.165) is 15.9 Å². The summed E-state index contributed by atoms with van der Waals surface area (Å²) >= 11 is 6.10. The molecule has 1 atom stereocenters. The van der Waals surface area contributed by atoms with Crippen LogP contribution in [0.5, 0.6) is 0 Å². The molecule has 0 aliphatic heterocycles. The molecule has 0 aliphatic carbocycles. The second kappa shape index (κ2) is 6.39. The van der Waals surface area contributed by atoms with Crippen molar-refractivity contribution in [2.45, 2.75) is 19.4 Å². The normalized spacial score (nSPS) is 13.3. The van der Waals surface area contributed by atoms with Crippen molar-refractivity contribution >= 4 is 17.8 Å². The first kappa shape index (κ1) is 13.6. The number of benzene rings is 2. The van der Waals surface area contributed by atoms with Crippen LogP contribution in [0.3, 0.4) is 0 Å². The van der Waals surface area contributed by atoms with Crippen molar-refractivity contribution in [3.8, 4) is 0 Å². The number of hydroxylamine groups is 1. The molecular weight excluding hydrogens is 258 g/mol. The maximum Gasteiger partial charge on any atom is 0.182 e. The summed E-state index contributed by atoms with van der Waals surface area (Å²) in [6.07, 6.45) is 2.24. The summed E-state index contributed by atoms with van der Waals surface area (Å²) in [5, 5.41) is 12.8. The second-order valence-corrected chi connectivity index (χ2v) is 4.95. The molecule has 19 heavy (non-hydrogen) atoms. The van der Waals surface area contributed by atoms with Crippen LogP contribution in [0.25, 0.3) is 0 Å². The van der Waals surface area contributed by atoms with Crippen molar-refractivity contribution in [2.24, 2.45) is 0 Å². The Hall–Kier alpha value is -1.80. The summed E-state index contributed by atoms with van der Waals surface area (Å²) in [7, 11) is 0. The molecule has 0 radical (unpaired) electrons. The molecule has 2 aromatic rings. The summed E-state index contributed by atoms with van der Waals surface area (Å²) in [5.74, 6) is 0. The Morgan fingerprint density at radius 2 is 1.74 bits per heavy atom. The third kappa shape index (κ3) is 3.83. The van der Waals surface area contributed by atoms with E-state index < -0.39 is 0 Å². The summed E-state index contributed by atoms with van der Waals surface area (Å²) in [6, 6.07) is 17.1. The van der Waals surface area contributed by atoms with Crippen LogP contribution in [0, 0.1) is 5.21 Å². The molecule has 2 rings (SSSR count). The van der Waals surface area contributed by atoms with Gasteiger partial charge in [-0.3, -0.25) is 0 Å². The monoisotopic (exact) mass is 273 g/mol. The largest absolute Gasteiger partial charge is 0.624 e. The molecule has 0 aliphatic rings. The molecule has 3 heteroatoms. The highest BCUT2D eigenvalue weighted by Crippen LogP contribution is 2.17. The topological polar surface area (TPSA) is 26.1 Å². The lowest BCUT2D eigenvalue weighted by atomic mass is 10.1. The van der Waals surface area contributed by atoms with E-state index in [1.165, 1.54) is 0 Å². The molecule has 0 fully saturated rings. The Balaban J connectivity index is 2.10. The highest BCUT2D eigenvalue weighted by Gasteiger charge is 2.12. The van der Waals surface area contributed by atoms with Gasteiger partial charge in [-0.2, -0.15) is 0 Å². The summed E-state index contributed by atoms with van der Waals surface area (Å²) < 4.78 is 0.985. The number of hydrogen-bond acceptors (Lipinski definition) is 1. The molecule has 0 saturated heterocycles. The summed E-state index contributed by atoms with van der Waals surface area (Å²) in [5.41, 5.74) is 1.91. The Morgan fingerprint density at radius 3 is 2.42 bits per heavy atom. The third-order valence-electron chi connectivity index (χ3n) is 2.98. The molecule has 2 aromatic carbocycles. The van der Waals surface area contributed by atoms with E-state index in [9.17, 15) is 5.21 Å². The molecule has 0 saturated carbocycles. The number of nitrogens with zero attached hydrogens (tertiary/aromatic N) is 1. The highest BCUT2D eigenvalue weighted by molar-refractivity contribution is 6.31. The van der Waals surface area contributed by atoms with Crippen LogP contribution >= 0.6 is 11.6 Å². The van der Waals surface area contributed by atoms with Crippen molar-refractivity contribution < 1.29 is 4.74 Å². The molecule has 1 unspecified atom stereocenters. The standard InChI is InChI=1S/C16H16ClNO/c1-13(11-15-9-5-6-10-16(15)17)18(19)12-14-7-3-2-4-8-14/h2-10,12-13H,11H2,1H3/b18-12-. The molecular formula is C16H16ClNO. The third-order valence-corrected chi connectivity index (χ3v) is 3.35. The molecule has 2 nitrogen and oxygen atoms in total. The molecule has 0 bridgehead atoms. The highest BCUT2D eigenvalue weighted by atomic mass is 35.5. The van der Waals surface area contributed by atoms with E-state index >= 15 is 0 Å². The SMILES string of the molecule is CC(Cc1ccccc1Cl)/[N+]([O-])=C/c1ccccc1. The van der Waals surface area contributed by atoms with E-state index in [4.69, 9.17) is 11.6 Å². The minimum Gasteiger partial charge on any atom is -0.624 e. The second-order valence-electron chi connectivity index (χ2n) is 4.54. The fourth-order valence-electron chi connectivity index (χ4n) is 1.89. The summed E-state index contributed by atoms with van der Waals surface area (Å²) in [6.45, 7) is 1.90. The van der Waals surface area contributed by atoms with Gasteiger partial charge in [0.05, 0.1) is 0 Å². The predicted molar refractivity (Wildman–Crippen MR) is 79.9 cm³/mol. The van der Waals surface area contributed by atoms with Gasteiger partial charge in [-0.1, -0.05) is 48.0 Å². The van der Waals surface area contributed by atoms with Crippen molar-refractivity contribution in [1.82, 2.24) is 0 Å². The first-order valence-electron chi connectivity index (χ1n) is 6.25. The van der Waals surface area contributed by atoms with Gasteiger partial charge in [0.2, 0.25) is 0 Å². The van der Waals surface area contributed by atoms with Crippen LogP contribution in [0.15, 0.2) is 54.6 Å². The summed E-state index contributed by atoms with van der Waals surface area (Å²) in [4.78, 5) is 0. The zero-order valence-electron chi connectivity index (χ0n) is 10.8. The van der Waals surface area contributed by atoms with Crippen LogP contribution in [0.1, 0.15) is 18.1 Å². The van der Waals surface area contributed by atoms with Gasteiger partial charge < -0.3 is 5.21 Å². The van der Waals surface area contributed by atoms with E-state index in [0.29, 0.717) is 11.4 Å². The Morgan fingerprint density at radius 1 is 1.11 bits per heavy atom. The smallest absolute Gasteiger partial charge is 0.182 e. The average Bonchev–Trinajstić information content (AvgIpc) is 2.42. The quantitative estimate of drug-likeness (QED) is 0.359. The van der Waals surface area contributed by atoms with E-state index in [1.54, 1.807) is 6.21 Å². The van der Waals surface area contributed by atoms with Gasteiger partial charge in [0.25, 0.3) is 0 Å². The fourth-order valence-corrected chi connectivity index (χ4v) is 2.10. The van der Waals surface area contributed by atoms with Crippen LogP contribution in [0.4, 0.5) is 0 Å². The van der Waals surface area contributed by atoms with Gasteiger partial charge in [-0.15, -0.1) is 0 Å². The van der Waals surface area contributed by atoms with E-state index in [2.05, 4.69) is 0 Å². The molecule has 98 valence electrons. The lowest BCUT2D eigenvalue weighted by molar-refractivity contribution is -0.491. The molecule has 0 aromatic heterocycles. The molecule has 0 spiro atoms. The maximum absolute atomic E-state index is 12.0. The van der Waals surface area contributed by atoms with E-state index in [-0.39, 0.29) is 6.04 Å². The number of halogens is 1. The Bertz CT molecular complexity index is 566. The van der Waals surface area contributed by atoms with Crippen LogP contribution in [-0.4, -0.2) is 17.0 Å². The van der Waals surface area contributed by atoms with Crippen molar-refractivity contribution in [3.63, 3.8) is 0 Å². The van der Waals surface area contributed by atoms with Crippen molar-refractivity contribution in [1.29, 1.82) is 0 Å². The van der Waals surface area contributed by atoms with E-state index in [1.807, 2.05) is 61.5 Å². The van der Waals surface area contributed by atoms with Gasteiger partial charge >= 0.3 is 0 Å². The molecule has 0 amide bonds. The predicted octanol–water partition coefficient (Wildman–Crippen LogP) is 3.90. The van der Waals surface area contributed by atoms with Gasteiger partial charge in [0.1, 0.15) is 0 Å². The van der Waals surface area contributed by atoms with Gasteiger partial charge in [0, 0.05) is 17.0 Å². The number of hydrogen-bond donors (Lipinski definition) is 0. The first-order chi connectivity index (χ1) is 9.16. The fraction of sp³-hybridized carbons (Fsp3) is 0.188. The van der Waals surface area contributed by atoms with Gasteiger partial charge in [0.15, 0.2) is 12.3 Å². The molecule has 0 N–H and O–H groups in total. The average molecular weight is 274 g/mol. The van der Waals surface area contributed by atoms with Crippen LogP contribution in [-0.2, 0) is 6.42 Å². The number of rotatable bonds is 4. The first-order valence-corrected chi connectivity index (χ1v) is 6.63. The van der Waals surface area contributed by atoms with Crippen LogP contribution in [0.2, 0.25) is 5.02 Å². The minimum absolute atomic E-state index is 0.153. The Labute approximate surface area is 118 Å². The lowest BCUT2D eigenvalue weighted by Crippen LogP contribution is -2.21. The zero-order chi connectivity index (χ0) is 13.7. The van der Waals surface area contributed by atoms with Crippen molar-refractivity contribution in [3.05, 3.63) is 76.0 Å². The van der Waals surface area contributed by atoms with Gasteiger partial charge in [-0.25, -0.2) is 4.74 Å². The molecule has 0 heterocycles.